The number of carbonyl (C=O) groups is 1. The zero-order valence-corrected chi connectivity index (χ0v) is 12.5. The van der Waals surface area contributed by atoms with E-state index in [1.165, 1.54) is 24.4 Å². The third-order valence-electron chi connectivity index (χ3n) is 3.61. The van der Waals surface area contributed by atoms with Gasteiger partial charge in [0.1, 0.15) is 4.88 Å². The Kier molecular flexibility index (Phi) is 5.27. The van der Waals surface area contributed by atoms with E-state index in [4.69, 9.17) is 0 Å². The van der Waals surface area contributed by atoms with Crippen molar-refractivity contribution in [1.29, 1.82) is 0 Å². The van der Waals surface area contributed by atoms with E-state index in [1.54, 1.807) is 0 Å². The Balaban J connectivity index is 2.02. The van der Waals surface area contributed by atoms with Gasteiger partial charge in [-0.25, -0.2) is 0 Å². The van der Waals surface area contributed by atoms with E-state index >= 15 is 0 Å². The number of hydrogen-bond acceptors (Lipinski definition) is 5. The Morgan fingerprint density at radius 3 is 2.95 bits per heavy atom. The van der Waals surface area contributed by atoms with Crippen molar-refractivity contribution in [3.05, 3.63) is 10.6 Å². The first-order valence-corrected chi connectivity index (χ1v) is 7.87. The molecule has 1 fully saturated rings. The third kappa shape index (κ3) is 3.51. The van der Waals surface area contributed by atoms with Crippen molar-refractivity contribution in [2.24, 2.45) is 0 Å². The molecule has 0 bridgehead atoms. The van der Waals surface area contributed by atoms with Crippen LogP contribution in [0.15, 0.2) is 0 Å². The number of aromatic nitrogens is 2. The standard InChI is InChI=1S/C13H22N4OS/c1-3-11-12(19-16-15-11)13(18)17(4-2)9-10-7-5-6-8-14-10/h10,14H,3-9H2,1-2H3. The lowest BCUT2D eigenvalue weighted by atomic mass is 10.0. The van der Waals surface area contributed by atoms with E-state index in [0.717, 1.165) is 38.2 Å². The summed E-state index contributed by atoms with van der Waals surface area (Å²) >= 11 is 1.22. The van der Waals surface area contributed by atoms with Crippen molar-refractivity contribution in [2.45, 2.75) is 45.6 Å². The average Bonchev–Trinajstić information content (AvgIpc) is 2.93. The lowest BCUT2D eigenvalue weighted by Gasteiger charge is -2.29. The predicted octanol–water partition coefficient (Wildman–Crippen LogP) is 1.70. The number of nitrogens with one attached hydrogen (secondary N) is 1. The average molecular weight is 282 g/mol. The molecule has 1 aliphatic heterocycles. The van der Waals surface area contributed by atoms with Gasteiger partial charge in [0.05, 0.1) is 5.69 Å². The lowest BCUT2D eigenvalue weighted by Crippen LogP contribution is -2.45. The van der Waals surface area contributed by atoms with E-state index in [-0.39, 0.29) is 5.91 Å². The van der Waals surface area contributed by atoms with Gasteiger partial charge in [0.25, 0.3) is 5.91 Å². The summed E-state index contributed by atoms with van der Waals surface area (Å²) in [5.41, 5.74) is 0.824. The van der Waals surface area contributed by atoms with Crippen LogP contribution in [-0.4, -0.2) is 46.1 Å². The van der Waals surface area contributed by atoms with Crippen LogP contribution in [0.4, 0.5) is 0 Å². The Labute approximate surface area is 118 Å². The molecule has 1 aromatic heterocycles. The molecule has 2 rings (SSSR count). The Bertz CT molecular complexity index is 415. The van der Waals surface area contributed by atoms with Crippen molar-refractivity contribution in [2.75, 3.05) is 19.6 Å². The number of likely N-dealkylation sites (N-methyl/N-ethyl adjacent to an activating group) is 1. The van der Waals surface area contributed by atoms with Crippen LogP contribution < -0.4 is 5.32 Å². The second-order valence-corrected chi connectivity index (χ2v) is 5.65. The molecule has 0 aromatic carbocycles. The molecule has 1 saturated heterocycles. The first-order valence-electron chi connectivity index (χ1n) is 7.10. The van der Waals surface area contributed by atoms with E-state index in [2.05, 4.69) is 14.9 Å². The van der Waals surface area contributed by atoms with Crippen LogP contribution in [0, 0.1) is 0 Å². The van der Waals surface area contributed by atoms with Gasteiger partial charge < -0.3 is 10.2 Å². The smallest absolute Gasteiger partial charge is 0.267 e. The maximum atomic E-state index is 12.5. The maximum Gasteiger partial charge on any atom is 0.267 e. The molecule has 0 radical (unpaired) electrons. The molecule has 1 aromatic rings. The molecular weight excluding hydrogens is 260 g/mol. The first-order chi connectivity index (χ1) is 9.26. The number of piperidine rings is 1. The molecule has 1 atom stereocenters. The van der Waals surface area contributed by atoms with Crippen molar-refractivity contribution >= 4 is 17.4 Å². The highest BCUT2D eigenvalue weighted by molar-refractivity contribution is 7.08. The van der Waals surface area contributed by atoms with Crippen LogP contribution >= 0.6 is 11.5 Å². The zero-order chi connectivity index (χ0) is 13.7. The Hall–Kier alpha value is -1.01. The molecule has 19 heavy (non-hydrogen) atoms. The number of amides is 1. The van der Waals surface area contributed by atoms with Crippen LogP contribution in [-0.2, 0) is 6.42 Å². The fourth-order valence-corrected chi connectivity index (χ4v) is 3.17. The molecule has 0 spiro atoms. The fourth-order valence-electron chi connectivity index (χ4n) is 2.45. The number of hydrogen-bond donors (Lipinski definition) is 1. The molecule has 1 aliphatic rings. The highest BCUT2D eigenvalue weighted by Gasteiger charge is 2.23. The summed E-state index contributed by atoms with van der Waals surface area (Å²) in [7, 11) is 0. The zero-order valence-electron chi connectivity index (χ0n) is 11.7. The van der Waals surface area contributed by atoms with Crippen molar-refractivity contribution in [3.8, 4) is 0 Å². The normalized spacial score (nSPS) is 19.4. The van der Waals surface area contributed by atoms with E-state index < -0.39 is 0 Å². The van der Waals surface area contributed by atoms with E-state index in [1.807, 2.05) is 18.7 Å². The summed E-state index contributed by atoms with van der Waals surface area (Å²) in [4.78, 5) is 15.1. The van der Waals surface area contributed by atoms with Gasteiger partial charge in [-0.2, -0.15) is 0 Å². The van der Waals surface area contributed by atoms with Crippen molar-refractivity contribution < 1.29 is 4.79 Å². The Morgan fingerprint density at radius 2 is 2.32 bits per heavy atom. The minimum absolute atomic E-state index is 0.0849. The number of carbonyl (C=O) groups excluding carboxylic acids is 1. The molecule has 1 amide bonds. The highest BCUT2D eigenvalue weighted by Crippen LogP contribution is 2.16. The summed E-state index contributed by atoms with van der Waals surface area (Å²) in [6.07, 6.45) is 4.42. The fraction of sp³-hybridized carbons (Fsp3) is 0.769. The summed E-state index contributed by atoms with van der Waals surface area (Å²) in [6.45, 7) is 6.63. The molecule has 1 N–H and O–H groups in total. The molecule has 106 valence electrons. The van der Waals surface area contributed by atoms with Crippen LogP contribution in [0.5, 0.6) is 0 Å². The largest absolute Gasteiger partial charge is 0.337 e. The topological polar surface area (TPSA) is 58.1 Å². The maximum absolute atomic E-state index is 12.5. The van der Waals surface area contributed by atoms with Gasteiger partial charge in [0.2, 0.25) is 0 Å². The number of aryl methyl sites for hydroxylation is 1. The molecule has 2 heterocycles. The van der Waals surface area contributed by atoms with Crippen molar-refractivity contribution in [3.63, 3.8) is 0 Å². The summed E-state index contributed by atoms with van der Waals surface area (Å²) < 4.78 is 3.91. The SMILES string of the molecule is CCc1nnsc1C(=O)N(CC)CC1CCCCN1. The van der Waals surface area contributed by atoms with Crippen LogP contribution in [0.25, 0.3) is 0 Å². The van der Waals surface area contributed by atoms with Crippen molar-refractivity contribution in [1.82, 2.24) is 19.8 Å². The van der Waals surface area contributed by atoms with E-state index in [0.29, 0.717) is 10.9 Å². The van der Waals surface area contributed by atoms with Gasteiger partial charge in [-0.1, -0.05) is 17.8 Å². The second kappa shape index (κ2) is 6.96. The van der Waals surface area contributed by atoms with Gasteiger partial charge in [-0.05, 0) is 44.3 Å². The predicted molar refractivity (Wildman–Crippen MR) is 76.5 cm³/mol. The van der Waals surface area contributed by atoms with E-state index in [9.17, 15) is 4.79 Å². The van der Waals surface area contributed by atoms with Crippen LogP contribution in [0.2, 0.25) is 0 Å². The van der Waals surface area contributed by atoms with Gasteiger partial charge in [0.15, 0.2) is 0 Å². The van der Waals surface area contributed by atoms with Crippen LogP contribution in [0.3, 0.4) is 0 Å². The molecular formula is C13H22N4OS. The van der Waals surface area contributed by atoms with Gasteiger partial charge in [-0.15, -0.1) is 5.10 Å². The molecule has 6 heteroatoms. The van der Waals surface area contributed by atoms with Crippen LogP contribution in [0.1, 0.15) is 48.5 Å². The molecule has 5 nitrogen and oxygen atoms in total. The molecule has 0 saturated carbocycles. The number of rotatable bonds is 5. The summed E-state index contributed by atoms with van der Waals surface area (Å²) in [5.74, 6) is 0.0849. The third-order valence-corrected chi connectivity index (χ3v) is 4.36. The summed E-state index contributed by atoms with van der Waals surface area (Å²) in [6, 6.07) is 0.434. The minimum Gasteiger partial charge on any atom is -0.337 e. The molecule has 0 aliphatic carbocycles. The lowest BCUT2D eigenvalue weighted by molar-refractivity contribution is 0.0745. The van der Waals surface area contributed by atoms with Gasteiger partial charge in [-0.3, -0.25) is 4.79 Å². The Morgan fingerprint density at radius 1 is 1.47 bits per heavy atom. The monoisotopic (exact) mass is 282 g/mol. The second-order valence-electron chi connectivity index (χ2n) is 4.89. The van der Waals surface area contributed by atoms with Gasteiger partial charge >= 0.3 is 0 Å². The highest BCUT2D eigenvalue weighted by atomic mass is 32.1. The molecule has 1 unspecified atom stereocenters. The summed E-state index contributed by atoms with van der Waals surface area (Å²) in [5, 5.41) is 7.52. The number of nitrogens with zero attached hydrogens (tertiary/aromatic N) is 3. The van der Waals surface area contributed by atoms with Gasteiger partial charge in [0, 0.05) is 19.1 Å². The minimum atomic E-state index is 0.0849. The first kappa shape index (κ1) is 14.4. The quantitative estimate of drug-likeness (QED) is 0.893.